The van der Waals surface area contributed by atoms with Crippen LogP contribution in [0.2, 0.25) is 5.02 Å². The van der Waals surface area contributed by atoms with E-state index in [4.69, 9.17) is 28.6 Å². The van der Waals surface area contributed by atoms with E-state index < -0.39 is 10.8 Å². The number of nitro benzene ring substituents is 1. The summed E-state index contributed by atoms with van der Waals surface area (Å²) < 4.78 is 5.29. The molecule has 1 fully saturated rings. The van der Waals surface area contributed by atoms with Gasteiger partial charge in [0.2, 0.25) is 0 Å². The van der Waals surface area contributed by atoms with Crippen molar-refractivity contribution < 1.29 is 14.5 Å². The van der Waals surface area contributed by atoms with Crippen LogP contribution in [0, 0.1) is 17.0 Å². The van der Waals surface area contributed by atoms with Crippen LogP contribution in [-0.2, 0) is 4.74 Å². The zero-order valence-electron chi connectivity index (χ0n) is 15.6. The highest BCUT2D eigenvalue weighted by atomic mass is 35.5. The maximum absolute atomic E-state index is 12.5. The van der Waals surface area contributed by atoms with Gasteiger partial charge < -0.3 is 15.0 Å². The third-order valence-electron chi connectivity index (χ3n) is 4.53. The van der Waals surface area contributed by atoms with Crippen molar-refractivity contribution >= 4 is 51.9 Å². The first kappa shape index (κ1) is 21.0. The molecule has 1 heterocycles. The standard InChI is InChI=1S/C19H19ClN4O4S/c1-12-14(20)3-2-4-15(12)21-19(29)22-18(25)13-5-6-16(17(11-13)24(26)27)23-7-9-28-10-8-23/h2-6,11H,7-10H2,1H3,(H2,21,22,25,29). The first-order valence-corrected chi connectivity index (χ1v) is 9.64. The Morgan fingerprint density at radius 2 is 2.00 bits per heavy atom. The van der Waals surface area contributed by atoms with E-state index in [-0.39, 0.29) is 16.4 Å². The second-order valence-corrected chi connectivity index (χ2v) is 7.20. The largest absolute Gasteiger partial charge is 0.378 e. The van der Waals surface area contributed by atoms with E-state index in [9.17, 15) is 14.9 Å². The van der Waals surface area contributed by atoms with Crippen molar-refractivity contribution in [1.29, 1.82) is 0 Å². The molecule has 0 radical (unpaired) electrons. The van der Waals surface area contributed by atoms with Crippen LogP contribution >= 0.6 is 23.8 Å². The smallest absolute Gasteiger partial charge is 0.293 e. The summed E-state index contributed by atoms with van der Waals surface area (Å²) in [7, 11) is 0. The van der Waals surface area contributed by atoms with Crippen molar-refractivity contribution in [1.82, 2.24) is 5.32 Å². The Balaban J connectivity index is 1.74. The zero-order chi connectivity index (χ0) is 21.0. The summed E-state index contributed by atoms with van der Waals surface area (Å²) in [5, 5.41) is 17.6. The summed E-state index contributed by atoms with van der Waals surface area (Å²) in [5.74, 6) is -0.543. The molecule has 1 saturated heterocycles. The molecule has 0 spiro atoms. The van der Waals surface area contributed by atoms with Crippen molar-refractivity contribution in [2.75, 3.05) is 36.5 Å². The van der Waals surface area contributed by atoms with E-state index in [1.807, 2.05) is 11.8 Å². The third kappa shape index (κ3) is 5.00. The van der Waals surface area contributed by atoms with Crippen molar-refractivity contribution in [3.63, 3.8) is 0 Å². The van der Waals surface area contributed by atoms with Gasteiger partial charge in [0.1, 0.15) is 5.69 Å². The van der Waals surface area contributed by atoms with Crippen LogP contribution in [0.5, 0.6) is 0 Å². The number of anilines is 2. The molecule has 29 heavy (non-hydrogen) atoms. The lowest BCUT2D eigenvalue weighted by Crippen LogP contribution is -2.37. The van der Waals surface area contributed by atoms with Crippen LogP contribution in [0.3, 0.4) is 0 Å². The Bertz CT molecular complexity index is 963. The fourth-order valence-corrected chi connectivity index (χ4v) is 3.33. The van der Waals surface area contributed by atoms with Gasteiger partial charge in [0.15, 0.2) is 5.11 Å². The Labute approximate surface area is 177 Å². The van der Waals surface area contributed by atoms with Crippen molar-refractivity contribution in [3.8, 4) is 0 Å². The summed E-state index contributed by atoms with van der Waals surface area (Å²) in [6.45, 7) is 3.94. The highest BCUT2D eigenvalue weighted by Crippen LogP contribution is 2.30. The first-order valence-electron chi connectivity index (χ1n) is 8.85. The van der Waals surface area contributed by atoms with Gasteiger partial charge in [-0.25, -0.2) is 0 Å². The Hall–Kier alpha value is -2.75. The average molecular weight is 435 g/mol. The van der Waals surface area contributed by atoms with Crippen LogP contribution in [0.1, 0.15) is 15.9 Å². The molecule has 0 unspecified atom stereocenters. The second-order valence-electron chi connectivity index (χ2n) is 6.38. The van der Waals surface area contributed by atoms with Crippen LogP contribution in [-0.4, -0.2) is 42.2 Å². The number of morpholine rings is 1. The predicted molar refractivity (Wildman–Crippen MR) is 116 cm³/mol. The van der Waals surface area contributed by atoms with Gasteiger partial charge in [0.05, 0.1) is 18.1 Å². The second kappa shape index (κ2) is 9.17. The molecule has 0 aliphatic carbocycles. The number of benzene rings is 2. The molecule has 0 atom stereocenters. The molecule has 0 saturated carbocycles. The van der Waals surface area contributed by atoms with Crippen molar-refractivity contribution in [3.05, 3.63) is 62.7 Å². The van der Waals surface area contributed by atoms with Gasteiger partial charge in [-0.3, -0.25) is 20.2 Å². The fourth-order valence-electron chi connectivity index (χ4n) is 2.95. The molecule has 2 N–H and O–H groups in total. The van der Waals surface area contributed by atoms with E-state index >= 15 is 0 Å². The molecule has 0 aromatic heterocycles. The number of nitrogens with zero attached hydrogens (tertiary/aromatic N) is 2. The van der Waals surface area contributed by atoms with Crippen LogP contribution < -0.4 is 15.5 Å². The van der Waals surface area contributed by atoms with Crippen LogP contribution in [0.15, 0.2) is 36.4 Å². The number of nitrogens with one attached hydrogen (secondary N) is 2. The molecule has 0 bridgehead atoms. The van der Waals surface area contributed by atoms with Gasteiger partial charge >= 0.3 is 0 Å². The predicted octanol–water partition coefficient (Wildman–Crippen LogP) is 3.52. The minimum atomic E-state index is -0.543. The Morgan fingerprint density at radius 3 is 2.69 bits per heavy atom. The number of thiocarbonyl (C=S) groups is 1. The zero-order valence-corrected chi connectivity index (χ0v) is 17.2. The lowest BCUT2D eigenvalue weighted by atomic mass is 10.1. The average Bonchev–Trinajstić information content (AvgIpc) is 2.71. The number of nitro groups is 1. The summed E-state index contributed by atoms with van der Waals surface area (Å²) in [6.07, 6.45) is 0. The van der Waals surface area contributed by atoms with Gasteiger partial charge in [0, 0.05) is 35.4 Å². The molecule has 2 aromatic carbocycles. The maximum atomic E-state index is 12.5. The maximum Gasteiger partial charge on any atom is 0.293 e. The normalized spacial score (nSPS) is 13.7. The summed E-state index contributed by atoms with van der Waals surface area (Å²) in [4.78, 5) is 25.5. The van der Waals surface area contributed by atoms with Gasteiger partial charge in [-0.15, -0.1) is 0 Å². The van der Waals surface area contributed by atoms with E-state index in [0.717, 1.165) is 5.56 Å². The third-order valence-corrected chi connectivity index (χ3v) is 5.14. The molecule has 152 valence electrons. The summed E-state index contributed by atoms with van der Waals surface area (Å²) in [6, 6.07) is 9.67. The first-order chi connectivity index (χ1) is 13.9. The number of halogens is 1. The fraction of sp³-hybridized carbons (Fsp3) is 0.263. The van der Waals surface area contributed by atoms with E-state index in [1.54, 1.807) is 30.3 Å². The van der Waals surface area contributed by atoms with Gasteiger partial charge in [-0.05, 0) is 49.0 Å². The molecule has 1 aliphatic heterocycles. The van der Waals surface area contributed by atoms with Gasteiger partial charge in [-0.1, -0.05) is 17.7 Å². The lowest BCUT2D eigenvalue weighted by molar-refractivity contribution is -0.384. The molecule has 3 rings (SSSR count). The molecular weight excluding hydrogens is 416 g/mol. The van der Waals surface area contributed by atoms with Crippen LogP contribution in [0.4, 0.5) is 17.1 Å². The van der Waals surface area contributed by atoms with E-state index in [1.165, 1.54) is 6.07 Å². The number of ether oxygens (including phenoxy) is 1. The molecule has 10 heteroatoms. The topological polar surface area (TPSA) is 96.7 Å². The molecule has 1 aliphatic rings. The number of carbonyl (C=O) groups excluding carboxylic acids is 1. The molecule has 2 aromatic rings. The summed E-state index contributed by atoms with van der Waals surface area (Å²) in [5.41, 5.74) is 1.92. The highest BCUT2D eigenvalue weighted by molar-refractivity contribution is 7.80. The lowest BCUT2D eigenvalue weighted by Gasteiger charge is -2.28. The number of carbonyl (C=O) groups is 1. The van der Waals surface area contributed by atoms with Crippen LogP contribution in [0.25, 0.3) is 0 Å². The Morgan fingerprint density at radius 1 is 1.28 bits per heavy atom. The number of amides is 1. The number of hydrogen-bond acceptors (Lipinski definition) is 6. The highest BCUT2D eigenvalue weighted by Gasteiger charge is 2.23. The minimum Gasteiger partial charge on any atom is -0.378 e. The molecule has 1 amide bonds. The number of rotatable bonds is 4. The van der Waals surface area contributed by atoms with Crippen molar-refractivity contribution in [2.24, 2.45) is 0 Å². The Kier molecular flexibility index (Phi) is 6.63. The van der Waals surface area contributed by atoms with E-state index in [2.05, 4.69) is 10.6 Å². The van der Waals surface area contributed by atoms with Gasteiger partial charge in [0.25, 0.3) is 11.6 Å². The molecule has 8 nitrogen and oxygen atoms in total. The molecular formula is C19H19ClN4O4S. The van der Waals surface area contributed by atoms with Crippen molar-refractivity contribution in [2.45, 2.75) is 6.92 Å². The minimum absolute atomic E-state index is 0.0697. The number of hydrogen-bond donors (Lipinski definition) is 2. The van der Waals surface area contributed by atoms with E-state index in [0.29, 0.717) is 42.7 Å². The monoisotopic (exact) mass is 434 g/mol. The van der Waals surface area contributed by atoms with Gasteiger partial charge in [-0.2, -0.15) is 0 Å². The SMILES string of the molecule is Cc1c(Cl)cccc1NC(=S)NC(=O)c1ccc(N2CCOCC2)c([N+](=O)[O-])c1. The summed E-state index contributed by atoms with van der Waals surface area (Å²) >= 11 is 11.3. The quantitative estimate of drug-likeness (QED) is 0.431.